The van der Waals surface area contributed by atoms with E-state index in [1.165, 1.54) is 6.08 Å². The van der Waals surface area contributed by atoms with Crippen molar-refractivity contribution in [2.24, 2.45) is 0 Å². The number of alkyl carbamates (subject to hydrolysis) is 1. The van der Waals surface area contributed by atoms with Crippen molar-refractivity contribution >= 4 is 18.0 Å². The standard InChI is InChI=1S/C25H28N2O5/c1-3-14-25(2,23(30)26-15-8-13-22(28)29)27-24(31)32-16-21-19-11-6-4-9-17(19)18-10-5-7-12-20(18)21/h4-13,21H,3,14-16H2,1-2H3,(H,26,30)(H,27,31)(H,28,29)/b13-8+. The summed E-state index contributed by atoms with van der Waals surface area (Å²) >= 11 is 0. The van der Waals surface area contributed by atoms with E-state index in [-0.39, 0.29) is 19.1 Å². The number of nitrogens with one attached hydrogen (secondary N) is 2. The van der Waals surface area contributed by atoms with Gasteiger partial charge in [0.25, 0.3) is 0 Å². The number of carbonyl (C=O) groups excluding carboxylic acids is 2. The molecule has 0 fully saturated rings. The van der Waals surface area contributed by atoms with Crippen molar-refractivity contribution in [1.29, 1.82) is 0 Å². The van der Waals surface area contributed by atoms with Crippen molar-refractivity contribution in [2.45, 2.75) is 38.1 Å². The number of hydrogen-bond donors (Lipinski definition) is 3. The first-order valence-corrected chi connectivity index (χ1v) is 10.7. The molecule has 2 amide bonds. The molecule has 3 N–H and O–H groups in total. The zero-order chi connectivity index (χ0) is 23.1. The third-order valence-electron chi connectivity index (χ3n) is 5.61. The van der Waals surface area contributed by atoms with E-state index >= 15 is 0 Å². The SMILES string of the molecule is CCCC(C)(NC(=O)OCC1c2ccccc2-c2ccccc21)C(=O)NC/C=C/C(=O)O. The number of hydrogen-bond acceptors (Lipinski definition) is 4. The first-order valence-electron chi connectivity index (χ1n) is 10.7. The van der Waals surface area contributed by atoms with Gasteiger partial charge in [-0.2, -0.15) is 0 Å². The third kappa shape index (κ3) is 5.17. The van der Waals surface area contributed by atoms with Crippen molar-refractivity contribution < 1.29 is 24.2 Å². The number of amides is 2. The summed E-state index contributed by atoms with van der Waals surface area (Å²) in [7, 11) is 0. The van der Waals surface area contributed by atoms with Gasteiger partial charge in [-0.05, 0) is 35.6 Å². The molecule has 0 saturated carbocycles. The van der Waals surface area contributed by atoms with Gasteiger partial charge in [-0.1, -0.05) is 68.0 Å². The van der Waals surface area contributed by atoms with Crippen LogP contribution in [0.1, 0.15) is 43.7 Å². The highest BCUT2D eigenvalue weighted by atomic mass is 16.5. The molecule has 3 rings (SSSR count). The topological polar surface area (TPSA) is 105 Å². The quantitative estimate of drug-likeness (QED) is 0.518. The molecule has 0 aliphatic heterocycles. The second kappa shape index (κ2) is 10.1. The van der Waals surface area contributed by atoms with E-state index in [0.717, 1.165) is 28.3 Å². The van der Waals surface area contributed by atoms with Crippen LogP contribution in [-0.2, 0) is 14.3 Å². The van der Waals surface area contributed by atoms with Gasteiger partial charge >= 0.3 is 12.1 Å². The van der Waals surface area contributed by atoms with Crippen molar-refractivity contribution in [3.63, 3.8) is 0 Å². The summed E-state index contributed by atoms with van der Waals surface area (Å²) in [4.78, 5) is 35.8. The summed E-state index contributed by atoms with van der Waals surface area (Å²) in [6.45, 7) is 3.76. The minimum absolute atomic E-state index is 0.0524. The van der Waals surface area contributed by atoms with Crippen LogP contribution >= 0.6 is 0 Å². The van der Waals surface area contributed by atoms with Crippen LogP contribution in [0, 0.1) is 0 Å². The fourth-order valence-corrected chi connectivity index (χ4v) is 4.10. The number of fused-ring (bicyclic) bond motifs is 3. The van der Waals surface area contributed by atoms with Crippen LogP contribution in [0.3, 0.4) is 0 Å². The van der Waals surface area contributed by atoms with Gasteiger partial charge in [0, 0.05) is 18.5 Å². The minimum atomic E-state index is -1.17. The monoisotopic (exact) mass is 436 g/mol. The Morgan fingerprint density at radius 2 is 1.66 bits per heavy atom. The van der Waals surface area contributed by atoms with Gasteiger partial charge in [-0.25, -0.2) is 9.59 Å². The fourth-order valence-electron chi connectivity index (χ4n) is 4.10. The van der Waals surface area contributed by atoms with Gasteiger partial charge in [-0.15, -0.1) is 0 Å². The van der Waals surface area contributed by atoms with E-state index in [4.69, 9.17) is 9.84 Å². The number of rotatable bonds is 9. The molecule has 32 heavy (non-hydrogen) atoms. The summed E-state index contributed by atoms with van der Waals surface area (Å²) in [5, 5.41) is 14.0. The molecule has 7 nitrogen and oxygen atoms in total. The zero-order valence-electron chi connectivity index (χ0n) is 18.3. The van der Waals surface area contributed by atoms with E-state index in [9.17, 15) is 14.4 Å². The summed E-state index contributed by atoms with van der Waals surface area (Å²) in [5.41, 5.74) is 3.33. The average molecular weight is 437 g/mol. The highest BCUT2D eigenvalue weighted by Crippen LogP contribution is 2.44. The maximum Gasteiger partial charge on any atom is 0.408 e. The molecule has 2 aromatic rings. The lowest BCUT2D eigenvalue weighted by Crippen LogP contribution is -2.57. The second-order valence-electron chi connectivity index (χ2n) is 7.98. The highest BCUT2D eigenvalue weighted by molar-refractivity contribution is 5.89. The molecule has 0 saturated heterocycles. The fraction of sp³-hybridized carbons (Fsp3) is 0.320. The van der Waals surface area contributed by atoms with Crippen molar-refractivity contribution in [2.75, 3.05) is 13.2 Å². The molecule has 1 unspecified atom stereocenters. The summed E-state index contributed by atoms with van der Waals surface area (Å²) in [5.74, 6) is -1.56. The molecule has 0 aromatic heterocycles. The number of carbonyl (C=O) groups is 3. The lowest BCUT2D eigenvalue weighted by molar-refractivity contribution is -0.131. The van der Waals surface area contributed by atoms with Gasteiger partial charge in [0.1, 0.15) is 12.1 Å². The van der Waals surface area contributed by atoms with Crippen LogP contribution in [0.15, 0.2) is 60.7 Å². The Hall–Kier alpha value is -3.61. The Bertz CT molecular complexity index is 987. The molecule has 0 spiro atoms. The van der Waals surface area contributed by atoms with E-state index in [0.29, 0.717) is 12.8 Å². The van der Waals surface area contributed by atoms with Gasteiger partial charge in [0.2, 0.25) is 5.91 Å². The Balaban J connectivity index is 1.65. The number of benzene rings is 2. The predicted molar refractivity (Wildman–Crippen MR) is 121 cm³/mol. The average Bonchev–Trinajstić information content (AvgIpc) is 3.09. The van der Waals surface area contributed by atoms with Crippen LogP contribution in [0.25, 0.3) is 11.1 Å². The normalized spacial score (nSPS) is 14.3. The first kappa shape index (κ1) is 23.1. The number of carboxylic acid groups (broad SMARTS) is 1. The Labute approximate surface area is 187 Å². The Kier molecular flexibility index (Phi) is 7.30. The zero-order valence-corrected chi connectivity index (χ0v) is 18.3. The molecular weight excluding hydrogens is 408 g/mol. The van der Waals surface area contributed by atoms with Gasteiger partial charge in [0.15, 0.2) is 0 Å². The molecule has 0 bridgehead atoms. The lowest BCUT2D eigenvalue weighted by Gasteiger charge is -2.29. The van der Waals surface area contributed by atoms with E-state index < -0.39 is 23.5 Å². The molecule has 2 aromatic carbocycles. The van der Waals surface area contributed by atoms with Gasteiger partial charge < -0.3 is 20.5 Å². The number of ether oxygens (including phenoxy) is 1. The number of aliphatic carboxylic acids is 1. The summed E-state index contributed by atoms with van der Waals surface area (Å²) in [6.07, 6.45) is 2.69. The summed E-state index contributed by atoms with van der Waals surface area (Å²) in [6, 6.07) is 16.1. The van der Waals surface area contributed by atoms with E-state index in [2.05, 4.69) is 22.8 Å². The van der Waals surface area contributed by atoms with Gasteiger partial charge in [-0.3, -0.25) is 4.79 Å². The lowest BCUT2D eigenvalue weighted by atomic mass is 9.95. The van der Waals surface area contributed by atoms with Crippen LogP contribution in [0.4, 0.5) is 4.79 Å². The molecule has 7 heteroatoms. The van der Waals surface area contributed by atoms with Crippen molar-refractivity contribution in [3.8, 4) is 11.1 Å². The minimum Gasteiger partial charge on any atom is -0.478 e. The Morgan fingerprint density at radius 1 is 1.06 bits per heavy atom. The van der Waals surface area contributed by atoms with Crippen molar-refractivity contribution in [1.82, 2.24) is 10.6 Å². The Morgan fingerprint density at radius 3 is 2.22 bits per heavy atom. The molecule has 1 aliphatic carbocycles. The molecule has 168 valence electrons. The van der Waals surface area contributed by atoms with Crippen LogP contribution < -0.4 is 10.6 Å². The highest BCUT2D eigenvalue weighted by Gasteiger charge is 2.35. The van der Waals surface area contributed by atoms with Crippen LogP contribution in [-0.4, -0.2) is 41.8 Å². The van der Waals surface area contributed by atoms with Gasteiger partial charge in [0.05, 0.1) is 0 Å². The maximum atomic E-state index is 12.7. The molecular formula is C25H28N2O5. The second-order valence-corrected chi connectivity index (χ2v) is 7.98. The van der Waals surface area contributed by atoms with Crippen LogP contribution in [0.2, 0.25) is 0 Å². The first-order chi connectivity index (χ1) is 15.4. The molecule has 0 radical (unpaired) electrons. The number of carboxylic acids is 1. The van der Waals surface area contributed by atoms with E-state index in [1.54, 1.807) is 6.92 Å². The maximum absolute atomic E-state index is 12.7. The van der Waals surface area contributed by atoms with Crippen LogP contribution in [0.5, 0.6) is 0 Å². The smallest absolute Gasteiger partial charge is 0.408 e. The van der Waals surface area contributed by atoms with Crippen molar-refractivity contribution in [3.05, 3.63) is 71.8 Å². The molecule has 0 heterocycles. The largest absolute Gasteiger partial charge is 0.478 e. The molecule has 1 aliphatic rings. The third-order valence-corrected chi connectivity index (χ3v) is 5.61. The summed E-state index contributed by atoms with van der Waals surface area (Å²) < 4.78 is 5.57. The molecule has 1 atom stereocenters. The van der Waals surface area contributed by atoms with E-state index in [1.807, 2.05) is 43.3 Å². The predicted octanol–water partition coefficient (Wildman–Crippen LogP) is 3.84.